The lowest BCUT2D eigenvalue weighted by atomic mass is 9.90. The van der Waals surface area contributed by atoms with Crippen molar-refractivity contribution in [3.8, 4) is 16.9 Å². The number of hydrogen-bond acceptors (Lipinski definition) is 3. The average Bonchev–Trinajstić information content (AvgIpc) is 3.17. The van der Waals surface area contributed by atoms with E-state index in [1.54, 1.807) is 0 Å². The van der Waals surface area contributed by atoms with E-state index in [-0.39, 0.29) is 0 Å². The van der Waals surface area contributed by atoms with E-state index in [0.717, 1.165) is 62.3 Å². The first-order valence-corrected chi connectivity index (χ1v) is 9.83. The van der Waals surface area contributed by atoms with E-state index in [1.165, 1.54) is 0 Å². The Balaban J connectivity index is 1.73. The molecule has 0 saturated heterocycles. The SMILES string of the molecule is O[B]Oc1c2ccccc2c(-c2ccc3c(c2)oc2ccccc23)c2ccccc12. The van der Waals surface area contributed by atoms with Gasteiger partial charge in [-0.3, -0.25) is 0 Å². The van der Waals surface area contributed by atoms with E-state index < -0.39 is 0 Å². The summed E-state index contributed by atoms with van der Waals surface area (Å²) in [4.78, 5) is 0. The first-order valence-electron chi connectivity index (χ1n) is 9.83. The molecule has 1 N–H and O–H groups in total. The van der Waals surface area contributed by atoms with Crippen molar-refractivity contribution in [2.75, 3.05) is 0 Å². The van der Waals surface area contributed by atoms with Crippen molar-refractivity contribution in [1.29, 1.82) is 0 Å². The Kier molecular flexibility index (Phi) is 3.80. The van der Waals surface area contributed by atoms with Gasteiger partial charge in [0.1, 0.15) is 16.9 Å². The highest BCUT2D eigenvalue weighted by Gasteiger charge is 2.17. The van der Waals surface area contributed by atoms with Crippen LogP contribution >= 0.6 is 0 Å². The normalized spacial score (nSPS) is 11.5. The second-order valence-corrected chi connectivity index (χ2v) is 7.33. The summed E-state index contributed by atoms with van der Waals surface area (Å²) >= 11 is 0. The maximum Gasteiger partial charge on any atom is 0.569 e. The van der Waals surface area contributed by atoms with Crippen LogP contribution in [0.2, 0.25) is 0 Å². The minimum absolute atomic E-state index is 0.650. The van der Waals surface area contributed by atoms with Crippen LogP contribution in [-0.2, 0) is 0 Å². The lowest BCUT2D eigenvalue weighted by molar-refractivity contribution is 0.459. The summed E-state index contributed by atoms with van der Waals surface area (Å²) in [6, 6.07) is 30.7. The molecule has 141 valence electrons. The Morgan fingerprint density at radius 1 is 0.600 bits per heavy atom. The van der Waals surface area contributed by atoms with Crippen molar-refractivity contribution < 1.29 is 14.1 Å². The zero-order chi connectivity index (χ0) is 20.1. The highest BCUT2D eigenvalue weighted by atomic mass is 16.5. The quantitative estimate of drug-likeness (QED) is 0.280. The Bertz CT molecular complexity index is 1510. The molecule has 3 nitrogen and oxygen atoms in total. The zero-order valence-corrected chi connectivity index (χ0v) is 16.0. The van der Waals surface area contributed by atoms with Crippen molar-refractivity contribution in [1.82, 2.24) is 0 Å². The molecule has 6 rings (SSSR count). The fourth-order valence-electron chi connectivity index (χ4n) is 4.46. The van der Waals surface area contributed by atoms with Crippen molar-refractivity contribution in [2.24, 2.45) is 0 Å². The second-order valence-electron chi connectivity index (χ2n) is 7.33. The third-order valence-electron chi connectivity index (χ3n) is 5.72. The summed E-state index contributed by atoms with van der Waals surface area (Å²) in [6.07, 6.45) is 0. The van der Waals surface area contributed by atoms with Crippen molar-refractivity contribution >= 4 is 51.2 Å². The Morgan fingerprint density at radius 2 is 1.17 bits per heavy atom. The van der Waals surface area contributed by atoms with Gasteiger partial charge in [0, 0.05) is 21.5 Å². The monoisotopic (exact) mass is 387 g/mol. The summed E-state index contributed by atoms with van der Waals surface area (Å²) in [5.41, 5.74) is 3.95. The number of fused-ring (bicyclic) bond motifs is 5. The third kappa shape index (κ3) is 2.44. The van der Waals surface area contributed by atoms with E-state index in [9.17, 15) is 5.02 Å². The van der Waals surface area contributed by atoms with Crippen LogP contribution < -0.4 is 4.65 Å². The number of rotatable bonds is 3. The molecule has 4 heteroatoms. The molecular weight excluding hydrogens is 371 g/mol. The predicted octanol–water partition coefficient (Wildman–Crippen LogP) is 6.46. The highest BCUT2D eigenvalue weighted by Crippen LogP contribution is 2.44. The van der Waals surface area contributed by atoms with Gasteiger partial charge in [-0.2, -0.15) is 0 Å². The van der Waals surface area contributed by atoms with Crippen LogP contribution in [0.1, 0.15) is 0 Å². The van der Waals surface area contributed by atoms with Gasteiger partial charge in [0.25, 0.3) is 0 Å². The average molecular weight is 387 g/mol. The third-order valence-corrected chi connectivity index (χ3v) is 5.72. The molecule has 0 fully saturated rings. The molecular formula is C26H16BO3. The molecule has 1 radical (unpaired) electrons. The van der Waals surface area contributed by atoms with Gasteiger partial charge in [0.05, 0.1) is 0 Å². The lowest BCUT2D eigenvalue weighted by Gasteiger charge is -2.16. The highest BCUT2D eigenvalue weighted by molar-refractivity contribution is 6.23. The topological polar surface area (TPSA) is 42.6 Å². The Labute approximate surface area is 173 Å². The van der Waals surface area contributed by atoms with Crippen LogP contribution in [0.5, 0.6) is 5.75 Å². The van der Waals surface area contributed by atoms with Gasteiger partial charge in [-0.25, -0.2) is 0 Å². The molecule has 0 bridgehead atoms. The van der Waals surface area contributed by atoms with E-state index in [1.807, 2.05) is 54.6 Å². The van der Waals surface area contributed by atoms with E-state index in [2.05, 4.69) is 36.4 Å². The van der Waals surface area contributed by atoms with Gasteiger partial charge >= 0.3 is 7.69 Å². The van der Waals surface area contributed by atoms with Crippen LogP contribution in [0.4, 0.5) is 0 Å². The number of furan rings is 1. The molecule has 0 atom stereocenters. The van der Waals surface area contributed by atoms with Gasteiger partial charge in [-0.15, -0.1) is 0 Å². The number of hydrogen-bond donors (Lipinski definition) is 1. The van der Waals surface area contributed by atoms with E-state index >= 15 is 0 Å². The second kappa shape index (κ2) is 6.65. The maximum atomic E-state index is 9.35. The molecule has 1 heterocycles. The van der Waals surface area contributed by atoms with Gasteiger partial charge in [0.2, 0.25) is 0 Å². The summed E-state index contributed by atoms with van der Waals surface area (Å²) in [5, 5.41) is 15.6. The molecule has 0 spiro atoms. The number of benzene rings is 5. The molecule has 30 heavy (non-hydrogen) atoms. The van der Waals surface area contributed by atoms with Crippen molar-refractivity contribution in [3.63, 3.8) is 0 Å². The Hall–Kier alpha value is -3.76. The van der Waals surface area contributed by atoms with Crippen LogP contribution in [0.15, 0.2) is 95.4 Å². The molecule has 0 aliphatic rings. The minimum Gasteiger partial charge on any atom is -0.537 e. The Morgan fingerprint density at radius 3 is 1.83 bits per heavy atom. The van der Waals surface area contributed by atoms with Gasteiger partial charge < -0.3 is 14.1 Å². The fourth-order valence-corrected chi connectivity index (χ4v) is 4.46. The van der Waals surface area contributed by atoms with Crippen molar-refractivity contribution in [2.45, 2.75) is 0 Å². The molecule has 0 unspecified atom stereocenters. The summed E-state index contributed by atoms with van der Waals surface area (Å²) in [5.74, 6) is 0.650. The standard InChI is InChI=1S/C26H16BO3/c28-27-30-26-21-10-3-1-8-19(21)25(20-9-2-4-11-22(20)26)16-13-14-18-17-7-5-6-12-23(17)29-24(18)15-16/h1-15,28H. The minimum atomic E-state index is 0.650. The molecule has 0 aliphatic carbocycles. The summed E-state index contributed by atoms with van der Waals surface area (Å²) in [7, 11) is 0.744. The van der Waals surface area contributed by atoms with Crippen LogP contribution in [0.25, 0.3) is 54.6 Å². The fraction of sp³-hybridized carbons (Fsp3) is 0. The predicted molar refractivity (Wildman–Crippen MR) is 123 cm³/mol. The molecule has 6 aromatic rings. The van der Waals surface area contributed by atoms with Gasteiger partial charge in [-0.05, 0) is 40.1 Å². The first kappa shape index (κ1) is 17.1. The molecule has 5 aromatic carbocycles. The van der Waals surface area contributed by atoms with Crippen LogP contribution in [-0.4, -0.2) is 12.7 Å². The number of para-hydroxylation sites is 1. The van der Waals surface area contributed by atoms with Crippen LogP contribution in [0.3, 0.4) is 0 Å². The largest absolute Gasteiger partial charge is 0.569 e. The van der Waals surface area contributed by atoms with Crippen LogP contribution in [0, 0.1) is 0 Å². The zero-order valence-electron chi connectivity index (χ0n) is 16.0. The van der Waals surface area contributed by atoms with E-state index in [0.29, 0.717) is 5.75 Å². The van der Waals surface area contributed by atoms with E-state index in [4.69, 9.17) is 9.07 Å². The lowest BCUT2D eigenvalue weighted by Crippen LogP contribution is -2.01. The smallest absolute Gasteiger partial charge is 0.537 e. The maximum absolute atomic E-state index is 9.35. The van der Waals surface area contributed by atoms with Gasteiger partial charge in [-0.1, -0.05) is 72.8 Å². The first-order chi connectivity index (χ1) is 14.8. The van der Waals surface area contributed by atoms with Crippen molar-refractivity contribution in [3.05, 3.63) is 91.0 Å². The molecule has 1 aromatic heterocycles. The molecule has 0 aliphatic heterocycles. The van der Waals surface area contributed by atoms with Gasteiger partial charge in [0.15, 0.2) is 0 Å². The molecule has 0 saturated carbocycles. The summed E-state index contributed by atoms with van der Waals surface area (Å²) in [6.45, 7) is 0. The summed E-state index contributed by atoms with van der Waals surface area (Å²) < 4.78 is 11.7. The molecule has 0 amide bonds.